The minimum absolute atomic E-state index is 0.00774. The van der Waals surface area contributed by atoms with Crippen LogP contribution in [0.25, 0.3) is 0 Å². The number of hydrogen-bond acceptors (Lipinski definition) is 4. The van der Waals surface area contributed by atoms with E-state index in [0.29, 0.717) is 6.42 Å². The van der Waals surface area contributed by atoms with Crippen LogP contribution in [0.3, 0.4) is 0 Å². The van der Waals surface area contributed by atoms with E-state index in [1.807, 2.05) is 0 Å². The van der Waals surface area contributed by atoms with Gasteiger partial charge in [0.05, 0.1) is 31.3 Å². The highest BCUT2D eigenvalue weighted by Crippen LogP contribution is 2.15. The summed E-state index contributed by atoms with van der Waals surface area (Å²) in [5.41, 5.74) is -0.935. The van der Waals surface area contributed by atoms with Gasteiger partial charge in [0.1, 0.15) is 0 Å². The summed E-state index contributed by atoms with van der Waals surface area (Å²) < 4.78 is 5.32. The summed E-state index contributed by atoms with van der Waals surface area (Å²) in [6, 6.07) is 0. The SMILES string of the molecule is CC(CO)(CO)NC(=O)CC1CCCO1. The number of hydrogen-bond donors (Lipinski definition) is 3. The second kappa shape index (κ2) is 5.44. The number of nitrogens with one attached hydrogen (secondary N) is 1. The highest BCUT2D eigenvalue weighted by atomic mass is 16.5. The van der Waals surface area contributed by atoms with Crippen LogP contribution >= 0.6 is 0 Å². The first-order valence-electron chi connectivity index (χ1n) is 5.24. The van der Waals surface area contributed by atoms with E-state index >= 15 is 0 Å². The number of aliphatic hydroxyl groups is 2. The molecular weight excluding hydrogens is 198 g/mol. The average Bonchev–Trinajstić information content (AvgIpc) is 2.70. The van der Waals surface area contributed by atoms with Crippen molar-refractivity contribution in [3.8, 4) is 0 Å². The molecule has 1 amide bonds. The van der Waals surface area contributed by atoms with Crippen molar-refractivity contribution in [2.45, 2.75) is 37.8 Å². The molecule has 1 atom stereocenters. The number of rotatable bonds is 5. The number of ether oxygens (including phenoxy) is 1. The molecule has 1 unspecified atom stereocenters. The first-order chi connectivity index (χ1) is 7.09. The molecule has 0 saturated carbocycles. The summed E-state index contributed by atoms with van der Waals surface area (Å²) in [5.74, 6) is -0.187. The van der Waals surface area contributed by atoms with E-state index in [1.165, 1.54) is 0 Å². The van der Waals surface area contributed by atoms with Crippen LogP contribution in [0.15, 0.2) is 0 Å². The van der Waals surface area contributed by atoms with Crippen LogP contribution < -0.4 is 5.32 Å². The van der Waals surface area contributed by atoms with Crippen molar-refractivity contribution >= 4 is 5.91 Å². The molecule has 1 fully saturated rings. The van der Waals surface area contributed by atoms with E-state index in [9.17, 15) is 4.79 Å². The monoisotopic (exact) mass is 217 g/mol. The maximum Gasteiger partial charge on any atom is 0.223 e. The smallest absolute Gasteiger partial charge is 0.223 e. The standard InChI is InChI=1S/C10H19NO4/c1-10(6-12,7-13)11-9(14)5-8-3-2-4-15-8/h8,12-13H,2-7H2,1H3,(H,11,14). The zero-order chi connectivity index (χ0) is 11.3. The molecule has 3 N–H and O–H groups in total. The lowest BCUT2D eigenvalue weighted by Crippen LogP contribution is -2.52. The minimum atomic E-state index is -0.935. The Morgan fingerprint density at radius 1 is 1.53 bits per heavy atom. The largest absolute Gasteiger partial charge is 0.394 e. The molecule has 1 saturated heterocycles. The van der Waals surface area contributed by atoms with Gasteiger partial charge in [0.15, 0.2) is 0 Å². The predicted molar refractivity (Wildman–Crippen MR) is 54.3 cm³/mol. The second-order valence-corrected chi connectivity index (χ2v) is 4.26. The van der Waals surface area contributed by atoms with Gasteiger partial charge in [-0.25, -0.2) is 0 Å². The summed E-state index contributed by atoms with van der Waals surface area (Å²) in [6.07, 6.45) is 2.19. The van der Waals surface area contributed by atoms with E-state index in [2.05, 4.69) is 5.32 Å². The maximum absolute atomic E-state index is 11.5. The fraction of sp³-hybridized carbons (Fsp3) is 0.900. The van der Waals surface area contributed by atoms with Crippen molar-refractivity contribution in [3.63, 3.8) is 0 Å². The molecule has 15 heavy (non-hydrogen) atoms. The van der Waals surface area contributed by atoms with Gasteiger partial charge < -0.3 is 20.3 Å². The lowest BCUT2D eigenvalue weighted by molar-refractivity contribution is -0.126. The molecule has 0 spiro atoms. The van der Waals surface area contributed by atoms with Gasteiger partial charge in [-0.3, -0.25) is 4.79 Å². The maximum atomic E-state index is 11.5. The molecule has 88 valence electrons. The van der Waals surface area contributed by atoms with Gasteiger partial charge in [-0.05, 0) is 19.8 Å². The highest BCUT2D eigenvalue weighted by Gasteiger charge is 2.26. The van der Waals surface area contributed by atoms with Crippen molar-refractivity contribution in [3.05, 3.63) is 0 Å². The number of carbonyl (C=O) groups is 1. The van der Waals surface area contributed by atoms with E-state index < -0.39 is 5.54 Å². The van der Waals surface area contributed by atoms with E-state index in [0.717, 1.165) is 19.4 Å². The summed E-state index contributed by atoms with van der Waals surface area (Å²) in [7, 11) is 0. The quantitative estimate of drug-likeness (QED) is 0.575. The van der Waals surface area contributed by atoms with Crippen LogP contribution in [0.1, 0.15) is 26.2 Å². The average molecular weight is 217 g/mol. The van der Waals surface area contributed by atoms with Crippen molar-refractivity contribution in [2.75, 3.05) is 19.8 Å². The Bertz CT molecular complexity index is 209. The highest BCUT2D eigenvalue weighted by molar-refractivity contribution is 5.77. The molecule has 0 aromatic rings. The second-order valence-electron chi connectivity index (χ2n) is 4.26. The number of carbonyl (C=O) groups excluding carboxylic acids is 1. The molecule has 1 rings (SSSR count). The van der Waals surface area contributed by atoms with Gasteiger partial charge >= 0.3 is 0 Å². The Hall–Kier alpha value is -0.650. The van der Waals surface area contributed by atoms with Gasteiger partial charge in [0, 0.05) is 6.61 Å². The van der Waals surface area contributed by atoms with E-state index in [-0.39, 0.29) is 25.2 Å². The first-order valence-corrected chi connectivity index (χ1v) is 5.24. The Morgan fingerprint density at radius 3 is 2.67 bits per heavy atom. The van der Waals surface area contributed by atoms with Crippen molar-refractivity contribution in [1.82, 2.24) is 5.32 Å². The predicted octanol–water partition coefficient (Wildman–Crippen LogP) is -0.585. The van der Waals surface area contributed by atoms with Crippen LogP contribution in [0.4, 0.5) is 0 Å². The van der Waals surface area contributed by atoms with Gasteiger partial charge in [0.25, 0.3) is 0 Å². The lowest BCUT2D eigenvalue weighted by Gasteiger charge is -2.26. The molecule has 0 aliphatic carbocycles. The number of aliphatic hydroxyl groups excluding tert-OH is 2. The lowest BCUT2D eigenvalue weighted by atomic mass is 10.0. The molecule has 0 radical (unpaired) electrons. The van der Waals surface area contributed by atoms with Crippen LogP contribution in [-0.4, -0.2) is 47.6 Å². The third kappa shape index (κ3) is 3.77. The molecule has 0 bridgehead atoms. The van der Waals surface area contributed by atoms with Gasteiger partial charge in [-0.15, -0.1) is 0 Å². The third-order valence-corrected chi connectivity index (χ3v) is 2.58. The van der Waals surface area contributed by atoms with Crippen LogP contribution in [0, 0.1) is 0 Å². The molecule has 1 heterocycles. The topological polar surface area (TPSA) is 78.8 Å². The summed E-state index contributed by atoms with van der Waals surface area (Å²) in [6.45, 7) is 1.76. The Labute approximate surface area is 89.4 Å². The summed E-state index contributed by atoms with van der Waals surface area (Å²) in [5, 5.41) is 20.6. The van der Waals surface area contributed by atoms with Gasteiger partial charge in [-0.1, -0.05) is 0 Å². The summed E-state index contributed by atoms with van der Waals surface area (Å²) >= 11 is 0. The van der Waals surface area contributed by atoms with E-state index in [1.54, 1.807) is 6.92 Å². The molecule has 0 aromatic heterocycles. The minimum Gasteiger partial charge on any atom is -0.394 e. The molecular formula is C10H19NO4. The van der Waals surface area contributed by atoms with Crippen LogP contribution in [0.2, 0.25) is 0 Å². The first kappa shape index (κ1) is 12.4. The Balaban J connectivity index is 2.33. The van der Waals surface area contributed by atoms with Crippen molar-refractivity contribution in [2.24, 2.45) is 0 Å². The van der Waals surface area contributed by atoms with Crippen LogP contribution in [0.5, 0.6) is 0 Å². The molecule has 5 nitrogen and oxygen atoms in total. The Kier molecular flexibility index (Phi) is 4.50. The normalized spacial score (nSPS) is 21.7. The molecule has 1 aliphatic heterocycles. The van der Waals surface area contributed by atoms with Gasteiger partial charge in [0.2, 0.25) is 5.91 Å². The third-order valence-electron chi connectivity index (χ3n) is 2.58. The summed E-state index contributed by atoms with van der Waals surface area (Å²) in [4.78, 5) is 11.5. The van der Waals surface area contributed by atoms with E-state index in [4.69, 9.17) is 14.9 Å². The molecule has 0 aromatic carbocycles. The van der Waals surface area contributed by atoms with Gasteiger partial charge in [-0.2, -0.15) is 0 Å². The fourth-order valence-electron chi connectivity index (χ4n) is 1.53. The Morgan fingerprint density at radius 2 is 2.20 bits per heavy atom. The molecule has 5 heteroatoms. The number of amides is 1. The zero-order valence-electron chi connectivity index (χ0n) is 9.03. The van der Waals surface area contributed by atoms with Crippen LogP contribution in [-0.2, 0) is 9.53 Å². The fourth-order valence-corrected chi connectivity index (χ4v) is 1.53. The van der Waals surface area contributed by atoms with Crippen molar-refractivity contribution < 1.29 is 19.7 Å². The zero-order valence-corrected chi connectivity index (χ0v) is 9.03. The molecule has 1 aliphatic rings. The van der Waals surface area contributed by atoms with Crippen molar-refractivity contribution in [1.29, 1.82) is 0 Å².